The van der Waals surface area contributed by atoms with Crippen molar-refractivity contribution in [2.24, 2.45) is 0 Å². The standard InChI is InChI=1S/C22H25N5O4S2/c28-20(23-12-15-32-22-24-21(25-26-22)17-6-2-1-3-7-17)16-31-18-8-10-19(11-9-18)33(29,30)27-13-4-5-14-27/h1-3,6-11H,4-5,12-16H2,(H,23,28)(H,24,25,26). The normalized spacial score (nSPS) is 14.3. The van der Waals surface area contributed by atoms with Gasteiger partial charge >= 0.3 is 0 Å². The Balaban J connectivity index is 1.17. The van der Waals surface area contributed by atoms with Gasteiger partial charge in [-0.25, -0.2) is 13.4 Å². The van der Waals surface area contributed by atoms with Gasteiger partial charge in [0, 0.05) is 31.0 Å². The zero-order valence-corrected chi connectivity index (χ0v) is 19.6. The number of aromatic amines is 1. The number of hydrogen-bond donors (Lipinski definition) is 2. The summed E-state index contributed by atoms with van der Waals surface area (Å²) in [4.78, 5) is 16.7. The molecule has 2 heterocycles. The fourth-order valence-corrected chi connectivity index (χ4v) is 5.52. The fourth-order valence-electron chi connectivity index (χ4n) is 3.35. The van der Waals surface area contributed by atoms with E-state index in [1.807, 2.05) is 30.3 Å². The number of sulfonamides is 1. The van der Waals surface area contributed by atoms with Gasteiger partial charge in [-0.05, 0) is 37.1 Å². The molecule has 9 nitrogen and oxygen atoms in total. The highest BCUT2D eigenvalue weighted by Crippen LogP contribution is 2.23. The maximum atomic E-state index is 12.5. The summed E-state index contributed by atoms with van der Waals surface area (Å²) in [6.45, 7) is 1.41. The van der Waals surface area contributed by atoms with Crippen LogP contribution in [0.25, 0.3) is 11.4 Å². The van der Waals surface area contributed by atoms with E-state index in [4.69, 9.17) is 4.74 Å². The Kier molecular flexibility index (Phi) is 7.63. The van der Waals surface area contributed by atoms with Crippen molar-refractivity contribution in [2.45, 2.75) is 22.9 Å². The number of aromatic nitrogens is 3. The first-order valence-corrected chi connectivity index (χ1v) is 13.1. The third-order valence-electron chi connectivity index (χ3n) is 5.06. The van der Waals surface area contributed by atoms with E-state index >= 15 is 0 Å². The van der Waals surface area contributed by atoms with Gasteiger partial charge < -0.3 is 10.1 Å². The molecule has 0 bridgehead atoms. The van der Waals surface area contributed by atoms with Crippen LogP contribution in [0.2, 0.25) is 0 Å². The molecule has 1 aromatic heterocycles. The van der Waals surface area contributed by atoms with Gasteiger partial charge in [0.2, 0.25) is 15.2 Å². The number of carbonyl (C=O) groups excluding carboxylic acids is 1. The van der Waals surface area contributed by atoms with E-state index in [0.717, 1.165) is 18.4 Å². The Labute approximate surface area is 197 Å². The van der Waals surface area contributed by atoms with Crippen molar-refractivity contribution >= 4 is 27.7 Å². The van der Waals surface area contributed by atoms with Gasteiger partial charge in [-0.3, -0.25) is 9.89 Å². The SMILES string of the molecule is O=C(COc1ccc(S(=O)(=O)N2CCCC2)cc1)NCCSc1n[nH]c(-c2ccccc2)n1. The second kappa shape index (κ2) is 10.8. The van der Waals surface area contributed by atoms with Crippen molar-refractivity contribution in [3.8, 4) is 17.1 Å². The lowest BCUT2D eigenvalue weighted by atomic mass is 10.2. The lowest BCUT2D eigenvalue weighted by Gasteiger charge is -2.15. The molecule has 0 aliphatic carbocycles. The second-order valence-corrected chi connectivity index (χ2v) is 10.4. The summed E-state index contributed by atoms with van der Waals surface area (Å²) >= 11 is 1.44. The molecule has 1 amide bonds. The molecule has 11 heteroatoms. The average Bonchev–Trinajstić information content (AvgIpc) is 3.54. The summed E-state index contributed by atoms with van der Waals surface area (Å²) in [6, 6.07) is 15.9. The number of nitrogens with one attached hydrogen (secondary N) is 2. The number of ether oxygens (including phenoxy) is 1. The van der Waals surface area contributed by atoms with Gasteiger partial charge in [-0.1, -0.05) is 42.1 Å². The summed E-state index contributed by atoms with van der Waals surface area (Å²) in [5.74, 6) is 1.49. The van der Waals surface area contributed by atoms with Crippen LogP contribution >= 0.6 is 11.8 Å². The van der Waals surface area contributed by atoms with Crippen molar-refractivity contribution in [3.05, 3.63) is 54.6 Å². The van der Waals surface area contributed by atoms with Crippen LogP contribution in [-0.4, -0.2) is 65.8 Å². The number of hydrogen-bond acceptors (Lipinski definition) is 7. The molecular weight excluding hydrogens is 462 g/mol. The molecule has 2 N–H and O–H groups in total. The average molecular weight is 488 g/mol. The van der Waals surface area contributed by atoms with Gasteiger partial charge in [0.25, 0.3) is 5.91 Å². The molecule has 0 atom stereocenters. The maximum Gasteiger partial charge on any atom is 0.257 e. The molecule has 0 spiro atoms. The first-order chi connectivity index (χ1) is 16.0. The minimum absolute atomic E-state index is 0.151. The molecule has 0 unspecified atom stereocenters. The Bertz CT molecular complexity index is 1160. The van der Waals surface area contributed by atoms with Crippen LogP contribution in [0.4, 0.5) is 0 Å². The maximum absolute atomic E-state index is 12.5. The lowest BCUT2D eigenvalue weighted by molar-refractivity contribution is -0.122. The highest BCUT2D eigenvalue weighted by atomic mass is 32.2. The summed E-state index contributed by atoms with van der Waals surface area (Å²) < 4.78 is 32.1. The number of rotatable bonds is 10. The molecule has 0 radical (unpaired) electrons. The van der Waals surface area contributed by atoms with Gasteiger partial charge in [0.05, 0.1) is 4.90 Å². The lowest BCUT2D eigenvalue weighted by Crippen LogP contribution is -2.30. The Morgan fingerprint density at radius 3 is 2.55 bits per heavy atom. The molecule has 1 saturated heterocycles. The monoisotopic (exact) mass is 487 g/mol. The van der Waals surface area contributed by atoms with Crippen LogP contribution in [0.5, 0.6) is 5.75 Å². The van der Waals surface area contributed by atoms with E-state index in [0.29, 0.717) is 42.1 Å². The number of amides is 1. The summed E-state index contributed by atoms with van der Waals surface area (Å²) in [5, 5.41) is 10.5. The van der Waals surface area contributed by atoms with Gasteiger partial charge in [0.1, 0.15) is 5.75 Å². The van der Waals surface area contributed by atoms with E-state index < -0.39 is 10.0 Å². The zero-order chi connectivity index (χ0) is 23.1. The van der Waals surface area contributed by atoms with Crippen molar-refractivity contribution in [1.29, 1.82) is 0 Å². The van der Waals surface area contributed by atoms with Gasteiger partial charge in [-0.2, -0.15) is 4.31 Å². The Morgan fingerprint density at radius 1 is 1.09 bits per heavy atom. The molecule has 4 rings (SSSR count). The molecule has 2 aromatic carbocycles. The number of carbonyl (C=O) groups is 1. The predicted octanol–water partition coefficient (Wildman–Crippen LogP) is 2.54. The first kappa shape index (κ1) is 23.3. The van der Waals surface area contributed by atoms with Crippen LogP contribution in [0.15, 0.2) is 64.6 Å². The van der Waals surface area contributed by atoms with Gasteiger partial charge in [-0.15, -0.1) is 5.10 Å². The Morgan fingerprint density at radius 2 is 1.82 bits per heavy atom. The van der Waals surface area contributed by atoms with Crippen LogP contribution in [0.3, 0.4) is 0 Å². The van der Waals surface area contributed by atoms with Crippen LogP contribution < -0.4 is 10.1 Å². The number of H-pyrrole nitrogens is 1. The number of thioether (sulfide) groups is 1. The third kappa shape index (κ3) is 6.12. The van der Waals surface area contributed by atoms with Crippen molar-refractivity contribution in [3.63, 3.8) is 0 Å². The van der Waals surface area contributed by atoms with Crippen LogP contribution in [-0.2, 0) is 14.8 Å². The highest BCUT2D eigenvalue weighted by Gasteiger charge is 2.26. The molecule has 1 fully saturated rings. The van der Waals surface area contributed by atoms with E-state index in [-0.39, 0.29) is 17.4 Å². The summed E-state index contributed by atoms with van der Waals surface area (Å²) in [5.41, 5.74) is 0.962. The molecule has 1 aliphatic heterocycles. The van der Waals surface area contributed by atoms with Crippen molar-refractivity contribution < 1.29 is 17.9 Å². The molecule has 0 saturated carbocycles. The van der Waals surface area contributed by atoms with Crippen LogP contribution in [0.1, 0.15) is 12.8 Å². The fraction of sp³-hybridized carbons (Fsp3) is 0.318. The molecule has 174 valence electrons. The van der Waals surface area contributed by atoms with E-state index in [9.17, 15) is 13.2 Å². The van der Waals surface area contributed by atoms with E-state index in [2.05, 4.69) is 20.5 Å². The van der Waals surface area contributed by atoms with Crippen LogP contribution in [0, 0.1) is 0 Å². The first-order valence-electron chi connectivity index (χ1n) is 10.6. The second-order valence-electron chi connectivity index (χ2n) is 7.40. The molecular formula is C22H25N5O4S2. The quantitative estimate of drug-likeness (QED) is 0.333. The van der Waals surface area contributed by atoms with Crippen molar-refractivity contribution in [2.75, 3.05) is 32.0 Å². The third-order valence-corrected chi connectivity index (χ3v) is 7.83. The number of benzene rings is 2. The zero-order valence-electron chi connectivity index (χ0n) is 17.9. The largest absolute Gasteiger partial charge is 0.484 e. The molecule has 1 aliphatic rings. The topological polar surface area (TPSA) is 117 Å². The highest BCUT2D eigenvalue weighted by molar-refractivity contribution is 7.99. The molecule has 3 aromatic rings. The predicted molar refractivity (Wildman–Crippen MR) is 125 cm³/mol. The number of nitrogens with zero attached hydrogens (tertiary/aromatic N) is 3. The van der Waals surface area contributed by atoms with Crippen molar-refractivity contribution in [1.82, 2.24) is 24.8 Å². The summed E-state index contributed by atoms with van der Waals surface area (Å²) in [6.07, 6.45) is 1.78. The smallest absolute Gasteiger partial charge is 0.257 e. The van der Waals surface area contributed by atoms with Gasteiger partial charge in [0.15, 0.2) is 12.4 Å². The summed E-state index contributed by atoms with van der Waals surface area (Å²) in [7, 11) is -3.46. The van der Waals surface area contributed by atoms with E-state index in [1.165, 1.54) is 28.2 Å². The Hall–Kier alpha value is -2.89. The minimum atomic E-state index is -3.46. The molecule has 33 heavy (non-hydrogen) atoms. The van der Waals surface area contributed by atoms with E-state index in [1.54, 1.807) is 12.1 Å². The minimum Gasteiger partial charge on any atom is -0.484 e.